The van der Waals surface area contributed by atoms with Gasteiger partial charge in [0, 0.05) is 13.1 Å². The van der Waals surface area contributed by atoms with Gasteiger partial charge in [-0.25, -0.2) is 0 Å². The highest BCUT2D eigenvalue weighted by molar-refractivity contribution is 7.71. The average Bonchev–Trinajstić information content (AvgIpc) is 2.71. The summed E-state index contributed by atoms with van der Waals surface area (Å²) in [5, 5.41) is 2.62. The summed E-state index contributed by atoms with van der Waals surface area (Å²) in [6, 6.07) is 5.24. The van der Waals surface area contributed by atoms with Crippen molar-refractivity contribution in [2.75, 3.05) is 14.2 Å². The Morgan fingerprint density at radius 2 is 2.28 bits per heavy atom. The molecule has 1 heterocycles. The number of nitrogens with zero attached hydrogens (tertiary/aromatic N) is 1. The summed E-state index contributed by atoms with van der Waals surface area (Å²) in [5.74, 6) is 0.668. The molecule has 18 heavy (non-hydrogen) atoms. The molecular weight excluding hydrogens is 250 g/mol. The number of H-pyrrole nitrogens is 1. The van der Waals surface area contributed by atoms with Gasteiger partial charge >= 0.3 is 0 Å². The molecule has 2 rings (SSSR count). The van der Waals surface area contributed by atoms with Crippen LogP contribution in [0.15, 0.2) is 18.2 Å². The minimum absolute atomic E-state index is 0.0807. The van der Waals surface area contributed by atoms with Crippen molar-refractivity contribution in [1.82, 2.24) is 14.9 Å². The maximum Gasteiger partial charge on any atom is 0.242 e. The fourth-order valence-electron chi connectivity index (χ4n) is 1.95. The third-order valence-corrected chi connectivity index (χ3v) is 3.24. The zero-order valence-corrected chi connectivity index (χ0v) is 11.3. The van der Waals surface area contributed by atoms with Crippen LogP contribution in [0.5, 0.6) is 5.75 Å². The van der Waals surface area contributed by atoms with E-state index in [0.29, 0.717) is 4.77 Å². The van der Waals surface area contributed by atoms with Crippen LogP contribution in [-0.2, 0) is 4.79 Å². The van der Waals surface area contributed by atoms with Crippen LogP contribution < -0.4 is 10.1 Å². The molecule has 0 aliphatic heterocycles. The first kappa shape index (κ1) is 12.6. The second-order valence-corrected chi connectivity index (χ2v) is 4.36. The molecule has 0 spiro atoms. The fraction of sp³-hybridized carbons (Fsp3) is 0.333. The highest BCUT2D eigenvalue weighted by Crippen LogP contribution is 2.23. The Kier molecular flexibility index (Phi) is 3.38. The number of amides is 1. The lowest BCUT2D eigenvalue weighted by Gasteiger charge is -2.12. The number of benzene rings is 1. The van der Waals surface area contributed by atoms with Crippen molar-refractivity contribution in [1.29, 1.82) is 0 Å². The van der Waals surface area contributed by atoms with E-state index in [1.165, 1.54) is 0 Å². The Balaban J connectivity index is 2.61. The Bertz CT molecular complexity index is 644. The number of fused-ring (bicyclic) bond motifs is 1. The monoisotopic (exact) mass is 265 g/mol. The summed E-state index contributed by atoms with van der Waals surface area (Å²) < 4.78 is 7.48. The van der Waals surface area contributed by atoms with Gasteiger partial charge in [0.15, 0.2) is 4.77 Å². The Labute approximate surface area is 110 Å². The molecule has 0 saturated carbocycles. The van der Waals surface area contributed by atoms with Crippen molar-refractivity contribution < 1.29 is 9.53 Å². The maximum absolute atomic E-state index is 11.7. The molecule has 1 aromatic heterocycles. The summed E-state index contributed by atoms with van der Waals surface area (Å²) in [5.41, 5.74) is 1.74. The molecule has 5 nitrogen and oxygen atoms in total. The predicted molar refractivity (Wildman–Crippen MR) is 72.5 cm³/mol. The number of ether oxygens (including phenoxy) is 1. The van der Waals surface area contributed by atoms with Crippen molar-refractivity contribution >= 4 is 29.2 Å². The van der Waals surface area contributed by atoms with E-state index in [-0.39, 0.29) is 11.9 Å². The molecule has 0 fully saturated rings. The summed E-state index contributed by atoms with van der Waals surface area (Å²) >= 11 is 5.26. The van der Waals surface area contributed by atoms with Crippen LogP contribution in [0, 0.1) is 4.77 Å². The van der Waals surface area contributed by atoms with Crippen molar-refractivity contribution in [3.05, 3.63) is 23.0 Å². The van der Waals surface area contributed by atoms with Crippen LogP contribution in [0.1, 0.15) is 13.0 Å². The number of nitrogens with one attached hydrogen (secondary N) is 2. The number of carbonyl (C=O) groups is 1. The van der Waals surface area contributed by atoms with E-state index in [2.05, 4.69) is 10.3 Å². The van der Waals surface area contributed by atoms with E-state index in [4.69, 9.17) is 17.0 Å². The highest BCUT2D eigenvalue weighted by atomic mass is 32.1. The number of imidazole rings is 1. The van der Waals surface area contributed by atoms with Gasteiger partial charge in [-0.1, -0.05) is 0 Å². The van der Waals surface area contributed by atoms with Gasteiger partial charge in [0.1, 0.15) is 11.8 Å². The standard InChI is InChI=1S/C12H15N3O2S/c1-7(11(16)13-2)15-10-5-4-8(17-3)6-9(10)14-12(15)18/h4-7H,1-3H3,(H,13,16)(H,14,18). The third-order valence-electron chi connectivity index (χ3n) is 2.94. The van der Waals surface area contributed by atoms with Crippen LogP contribution in [-0.4, -0.2) is 29.6 Å². The molecule has 2 aromatic rings. The lowest BCUT2D eigenvalue weighted by Crippen LogP contribution is -2.27. The van der Waals surface area contributed by atoms with Crippen molar-refractivity contribution in [3.63, 3.8) is 0 Å². The fourth-order valence-corrected chi connectivity index (χ4v) is 2.31. The topological polar surface area (TPSA) is 59.0 Å². The van der Waals surface area contributed by atoms with E-state index < -0.39 is 0 Å². The van der Waals surface area contributed by atoms with Gasteiger partial charge in [0.05, 0.1) is 18.1 Å². The SMILES string of the molecule is CNC(=O)C(C)n1c(=S)[nH]c2cc(OC)ccc21. The lowest BCUT2D eigenvalue weighted by atomic mass is 10.2. The van der Waals surface area contributed by atoms with Gasteiger partial charge in [0.2, 0.25) is 5.91 Å². The summed E-state index contributed by atoms with van der Waals surface area (Å²) in [4.78, 5) is 14.8. The van der Waals surface area contributed by atoms with Crippen LogP contribution in [0.3, 0.4) is 0 Å². The van der Waals surface area contributed by atoms with Gasteiger partial charge in [0.25, 0.3) is 0 Å². The molecule has 1 atom stereocenters. The Hall–Kier alpha value is -1.82. The molecule has 1 aromatic carbocycles. The van der Waals surface area contributed by atoms with E-state index in [9.17, 15) is 4.79 Å². The summed E-state index contributed by atoms with van der Waals surface area (Å²) in [6.45, 7) is 1.81. The molecule has 96 valence electrons. The first-order chi connectivity index (χ1) is 8.58. The van der Waals surface area contributed by atoms with E-state index >= 15 is 0 Å². The number of methoxy groups -OCH3 is 1. The first-order valence-corrected chi connectivity index (χ1v) is 5.99. The normalized spacial score (nSPS) is 12.4. The van der Waals surface area contributed by atoms with Crippen LogP contribution in [0.25, 0.3) is 11.0 Å². The highest BCUT2D eigenvalue weighted by Gasteiger charge is 2.17. The van der Waals surface area contributed by atoms with Crippen LogP contribution in [0.2, 0.25) is 0 Å². The second-order valence-electron chi connectivity index (χ2n) is 3.97. The van der Waals surface area contributed by atoms with Gasteiger partial charge < -0.3 is 19.6 Å². The maximum atomic E-state index is 11.7. The number of aromatic amines is 1. The zero-order chi connectivity index (χ0) is 13.3. The average molecular weight is 265 g/mol. The Morgan fingerprint density at radius 1 is 1.56 bits per heavy atom. The number of rotatable bonds is 3. The van der Waals surface area contributed by atoms with Crippen molar-refractivity contribution in [3.8, 4) is 5.75 Å². The molecule has 0 aliphatic rings. The number of hydrogen-bond donors (Lipinski definition) is 2. The molecular formula is C12H15N3O2S. The largest absolute Gasteiger partial charge is 0.497 e. The van der Waals surface area contributed by atoms with Gasteiger partial charge in [-0.05, 0) is 31.3 Å². The predicted octanol–water partition coefficient (Wildman–Crippen LogP) is 2.01. The minimum Gasteiger partial charge on any atom is -0.497 e. The number of aromatic nitrogens is 2. The molecule has 2 N–H and O–H groups in total. The number of likely N-dealkylation sites (N-methyl/N-ethyl adjacent to an activating group) is 1. The van der Waals surface area contributed by atoms with Gasteiger partial charge in [-0.15, -0.1) is 0 Å². The lowest BCUT2D eigenvalue weighted by molar-refractivity contribution is -0.123. The smallest absolute Gasteiger partial charge is 0.242 e. The van der Waals surface area contributed by atoms with Crippen molar-refractivity contribution in [2.45, 2.75) is 13.0 Å². The molecule has 1 amide bonds. The zero-order valence-electron chi connectivity index (χ0n) is 10.5. The summed E-state index contributed by atoms with van der Waals surface area (Å²) in [7, 11) is 3.22. The van der Waals surface area contributed by atoms with Gasteiger partial charge in [-0.2, -0.15) is 0 Å². The molecule has 0 radical (unpaired) electrons. The quantitative estimate of drug-likeness (QED) is 0.835. The number of carbonyl (C=O) groups excluding carboxylic acids is 1. The van der Waals surface area contributed by atoms with Crippen LogP contribution >= 0.6 is 12.2 Å². The van der Waals surface area contributed by atoms with E-state index in [1.54, 1.807) is 18.7 Å². The van der Waals surface area contributed by atoms with Crippen molar-refractivity contribution in [2.24, 2.45) is 0 Å². The Morgan fingerprint density at radius 3 is 2.89 bits per heavy atom. The van der Waals surface area contributed by atoms with E-state index in [1.807, 2.05) is 25.1 Å². The summed E-state index contributed by atoms with van der Waals surface area (Å²) in [6.07, 6.45) is 0. The first-order valence-electron chi connectivity index (χ1n) is 5.58. The second kappa shape index (κ2) is 4.81. The molecule has 6 heteroatoms. The minimum atomic E-state index is -0.357. The molecule has 0 saturated heterocycles. The van der Waals surface area contributed by atoms with Gasteiger partial charge in [-0.3, -0.25) is 4.79 Å². The van der Waals surface area contributed by atoms with E-state index in [0.717, 1.165) is 16.8 Å². The number of hydrogen-bond acceptors (Lipinski definition) is 3. The molecule has 0 aliphatic carbocycles. The van der Waals surface area contributed by atoms with Crippen LogP contribution in [0.4, 0.5) is 0 Å². The third kappa shape index (κ3) is 1.99. The molecule has 0 bridgehead atoms. The molecule has 1 unspecified atom stereocenters.